The second kappa shape index (κ2) is 9.29. The third-order valence-electron chi connectivity index (χ3n) is 5.73. The van der Waals surface area contributed by atoms with Crippen LogP contribution in [0.4, 0.5) is 0 Å². The minimum atomic E-state index is -1.17. The van der Waals surface area contributed by atoms with Crippen LogP contribution in [0.1, 0.15) is 22.7 Å². The molecule has 1 saturated heterocycles. The molecule has 1 unspecified atom stereocenters. The summed E-state index contributed by atoms with van der Waals surface area (Å²) in [6.45, 7) is 0.700. The highest BCUT2D eigenvalue weighted by Gasteiger charge is 2.41. The first-order valence-corrected chi connectivity index (χ1v) is 11.9. The number of para-hydroxylation sites is 1. The SMILES string of the molecule is O=C(O)C(c1ccccc1)N1C(=O)/C(=C/c2cn(Cc3ccccc3)c3ccccc23)SC1=S. The third kappa shape index (κ3) is 4.16. The quantitative estimate of drug-likeness (QED) is 0.280. The Kier molecular flexibility index (Phi) is 6.04. The molecule has 168 valence electrons. The Morgan fingerprint density at radius 1 is 0.971 bits per heavy atom. The number of carboxylic acid groups (broad SMARTS) is 1. The molecule has 4 aromatic rings. The number of thiocarbonyl (C=S) groups is 1. The summed E-state index contributed by atoms with van der Waals surface area (Å²) in [6.07, 6.45) is 3.84. The van der Waals surface area contributed by atoms with Gasteiger partial charge in [0.15, 0.2) is 6.04 Å². The summed E-state index contributed by atoms with van der Waals surface area (Å²) in [5, 5.41) is 10.9. The number of carbonyl (C=O) groups is 2. The fourth-order valence-electron chi connectivity index (χ4n) is 4.18. The van der Waals surface area contributed by atoms with Gasteiger partial charge in [-0.25, -0.2) is 4.79 Å². The van der Waals surface area contributed by atoms with Gasteiger partial charge >= 0.3 is 5.97 Å². The molecule has 0 aliphatic carbocycles. The Morgan fingerprint density at radius 2 is 1.62 bits per heavy atom. The summed E-state index contributed by atoms with van der Waals surface area (Å²) in [5.41, 5.74) is 3.62. The number of nitrogens with zero attached hydrogens (tertiary/aromatic N) is 2. The molecule has 5 nitrogen and oxygen atoms in total. The van der Waals surface area contributed by atoms with E-state index in [-0.39, 0.29) is 4.32 Å². The number of aromatic nitrogens is 1. The molecule has 34 heavy (non-hydrogen) atoms. The summed E-state index contributed by atoms with van der Waals surface area (Å²) in [6, 6.07) is 25.7. The monoisotopic (exact) mass is 484 g/mol. The van der Waals surface area contributed by atoms with Crippen LogP contribution in [0.25, 0.3) is 17.0 Å². The molecule has 1 fully saturated rings. The van der Waals surface area contributed by atoms with Crippen LogP contribution in [-0.4, -0.2) is 30.8 Å². The summed E-state index contributed by atoms with van der Waals surface area (Å²) in [7, 11) is 0. The van der Waals surface area contributed by atoms with Crippen molar-refractivity contribution in [3.8, 4) is 0 Å². The van der Waals surface area contributed by atoms with Crippen LogP contribution in [0.3, 0.4) is 0 Å². The van der Waals surface area contributed by atoms with Crippen molar-refractivity contribution in [2.45, 2.75) is 12.6 Å². The van der Waals surface area contributed by atoms with Crippen LogP contribution >= 0.6 is 24.0 Å². The zero-order valence-electron chi connectivity index (χ0n) is 18.0. The Hall–Kier alpha value is -3.68. The summed E-state index contributed by atoms with van der Waals surface area (Å²) < 4.78 is 2.39. The lowest BCUT2D eigenvalue weighted by atomic mass is 10.1. The first-order chi connectivity index (χ1) is 16.5. The molecule has 0 radical (unpaired) electrons. The van der Waals surface area contributed by atoms with Crippen LogP contribution in [0.15, 0.2) is 96.0 Å². The van der Waals surface area contributed by atoms with Gasteiger partial charge in [0.05, 0.1) is 4.91 Å². The van der Waals surface area contributed by atoms with E-state index in [2.05, 4.69) is 22.8 Å². The van der Waals surface area contributed by atoms with Crippen molar-refractivity contribution >= 4 is 57.2 Å². The molecule has 0 saturated carbocycles. The molecule has 1 amide bonds. The molecule has 0 spiro atoms. The highest BCUT2D eigenvalue weighted by Crippen LogP contribution is 2.39. The largest absolute Gasteiger partial charge is 0.479 e. The molecule has 3 aromatic carbocycles. The van der Waals surface area contributed by atoms with Gasteiger partial charge in [0, 0.05) is 29.2 Å². The number of aliphatic carboxylic acids is 1. The zero-order valence-corrected chi connectivity index (χ0v) is 19.6. The number of rotatable bonds is 6. The van der Waals surface area contributed by atoms with Gasteiger partial charge in [-0.2, -0.15) is 0 Å². The highest BCUT2D eigenvalue weighted by atomic mass is 32.2. The molecule has 1 atom stereocenters. The van der Waals surface area contributed by atoms with Crippen molar-refractivity contribution in [2.75, 3.05) is 0 Å². The fourth-order valence-corrected chi connectivity index (χ4v) is 5.49. The van der Waals surface area contributed by atoms with E-state index >= 15 is 0 Å². The van der Waals surface area contributed by atoms with Crippen LogP contribution in [0.5, 0.6) is 0 Å². The summed E-state index contributed by atoms with van der Waals surface area (Å²) in [4.78, 5) is 27.1. The van der Waals surface area contributed by atoms with Crippen molar-refractivity contribution in [3.05, 3.63) is 113 Å². The van der Waals surface area contributed by atoms with E-state index in [0.717, 1.165) is 28.2 Å². The lowest BCUT2D eigenvalue weighted by Crippen LogP contribution is -2.37. The van der Waals surface area contributed by atoms with Crippen molar-refractivity contribution in [3.63, 3.8) is 0 Å². The maximum absolute atomic E-state index is 13.4. The van der Waals surface area contributed by atoms with Crippen molar-refractivity contribution in [1.82, 2.24) is 9.47 Å². The smallest absolute Gasteiger partial charge is 0.331 e. The Balaban J connectivity index is 1.52. The van der Waals surface area contributed by atoms with Gasteiger partial charge in [-0.05, 0) is 23.3 Å². The highest BCUT2D eigenvalue weighted by molar-refractivity contribution is 8.26. The van der Waals surface area contributed by atoms with Crippen LogP contribution < -0.4 is 0 Å². The van der Waals surface area contributed by atoms with E-state index in [1.165, 1.54) is 10.5 Å². The van der Waals surface area contributed by atoms with Crippen LogP contribution in [0.2, 0.25) is 0 Å². The molecular formula is C27H20N2O3S2. The van der Waals surface area contributed by atoms with Gasteiger partial charge in [-0.1, -0.05) is 103 Å². The predicted molar refractivity (Wildman–Crippen MR) is 139 cm³/mol. The summed E-state index contributed by atoms with van der Waals surface area (Å²) in [5.74, 6) is -1.52. The standard InChI is InChI=1S/C27H20N2O3S2/c30-25-23(34-27(33)29(25)24(26(31)32)19-11-5-2-6-12-19)15-20-17-28(16-18-9-3-1-4-10-18)22-14-8-7-13-21(20)22/h1-15,17,24H,16H2,(H,31,32)/b23-15-. The van der Waals surface area contributed by atoms with E-state index in [1.807, 2.05) is 48.7 Å². The van der Waals surface area contributed by atoms with Gasteiger partial charge < -0.3 is 9.67 Å². The van der Waals surface area contributed by atoms with Gasteiger partial charge in [0.1, 0.15) is 4.32 Å². The topological polar surface area (TPSA) is 62.5 Å². The van der Waals surface area contributed by atoms with E-state index in [9.17, 15) is 14.7 Å². The zero-order chi connectivity index (χ0) is 23.7. The van der Waals surface area contributed by atoms with Gasteiger partial charge in [-0.15, -0.1) is 0 Å². The number of benzene rings is 3. The predicted octanol–water partition coefficient (Wildman–Crippen LogP) is 5.72. The average molecular weight is 485 g/mol. The Labute approximate surface area is 206 Å². The lowest BCUT2D eigenvalue weighted by molar-refractivity contribution is -0.145. The first-order valence-electron chi connectivity index (χ1n) is 10.7. The van der Waals surface area contributed by atoms with Crippen molar-refractivity contribution < 1.29 is 14.7 Å². The van der Waals surface area contributed by atoms with Crippen molar-refractivity contribution in [2.24, 2.45) is 0 Å². The molecule has 0 bridgehead atoms. The van der Waals surface area contributed by atoms with Gasteiger partial charge in [0.2, 0.25) is 0 Å². The molecule has 1 aliphatic rings. The number of carboxylic acids is 1. The number of amides is 1. The maximum atomic E-state index is 13.4. The molecule has 2 heterocycles. The molecule has 1 aliphatic heterocycles. The second-order valence-electron chi connectivity index (χ2n) is 7.92. The van der Waals surface area contributed by atoms with Gasteiger partial charge in [0.25, 0.3) is 5.91 Å². The van der Waals surface area contributed by atoms with E-state index in [0.29, 0.717) is 17.0 Å². The number of fused-ring (bicyclic) bond motifs is 1. The van der Waals surface area contributed by atoms with Crippen LogP contribution in [0, 0.1) is 0 Å². The maximum Gasteiger partial charge on any atom is 0.331 e. The number of hydrogen-bond acceptors (Lipinski definition) is 4. The minimum absolute atomic E-state index is 0.237. The lowest BCUT2D eigenvalue weighted by Gasteiger charge is -2.23. The molecule has 5 rings (SSSR count). The number of hydrogen-bond donors (Lipinski definition) is 1. The van der Waals surface area contributed by atoms with E-state index in [4.69, 9.17) is 12.2 Å². The fraction of sp³-hybridized carbons (Fsp3) is 0.0741. The Bertz CT molecular complexity index is 1430. The first kappa shape index (κ1) is 22.1. The van der Waals surface area contributed by atoms with Crippen molar-refractivity contribution in [1.29, 1.82) is 0 Å². The second-order valence-corrected chi connectivity index (χ2v) is 9.59. The number of carbonyl (C=O) groups excluding carboxylic acids is 1. The molecule has 1 N–H and O–H groups in total. The average Bonchev–Trinajstić information content (AvgIpc) is 3.32. The Morgan fingerprint density at radius 3 is 2.32 bits per heavy atom. The molecular weight excluding hydrogens is 464 g/mol. The normalized spacial score (nSPS) is 15.9. The van der Waals surface area contributed by atoms with Crippen LogP contribution in [-0.2, 0) is 16.1 Å². The minimum Gasteiger partial charge on any atom is -0.479 e. The summed E-state index contributed by atoms with van der Waals surface area (Å²) >= 11 is 6.59. The molecule has 1 aromatic heterocycles. The number of thioether (sulfide) groups is 1. The molecule has 7 heteroatoms. The third-order valence-corrected chi connectivity index (χ3v) is 7.06. The van der Waals surface area contributed by atoms with E-state index < -0.39 is 17.9 Å². The van der Waals surface area contributed by atoms with Gasteiger partial charge in [-0.3, -0.25) is 9.69 Å². The van der Waals surface area contributed by atoms with E-state index in [1.54, 1.807) is 30.3 Å².